The van der Waals surface area contributed by atoms with Gasteiger partial charge in [0.1, 0.15) is 5.75 Å². The molecule has 0 aliphatic rings. The first-order valence-corrected chi connectivity index (χ1v) is 7.30. The number of carbonyl (C=O) groups is 2. The van der Waals surface area contributed by atoms with Crippen LogP contribution in [0.15, 0.2) is 24.3 Å². The second-order valence-corrected chi connectivity index (χ2v) is 5.67. The lowest BCUT2D eigenvalue weighted by atomic mass is 10.2. The Kier molecular flexibility index (Phi) is 7.39. The number of ether oxygens (including phenoxy) is 1. The van der Waals surface area contributed by atoms with Gasteiger partial charge in [-0.25, -0.2) is 4.79 Å². The highest BCUT2D eigenvalue weighted by Gasteiger charge is 2.11. The summed E-state index contributed by atoms with van der Waals surface area (Å²) in [4.78, 5) is 25.1. The van der Waals surface area contributed by atoms with Crippen LogP contribution < -0.4 is 15.4 Å². The normalized spacial score (nSPS) is 10.6. The van der Waals surface area contributed by atoms with E-state index < -0.39 is 6.03 Å². The first-order valence-electron chi connectivity index (χ1n) is 7.30. The van der Waals surface area contributed by atoms with Gasteiger partial charge in [0.25, 0.3) is 0 Å². The maximum absolute atomic E-state index is 11.8. The number of nitrogens with zero attached hydrogens (tertiary/aromatic N) is 1. The van der Waals surface area contributed by atoms with E-state index in [1.165, 1.54) is 0 Å². The maximum Gasteiger partial charge on any atom is 0.321 e. The number of rotatable bonds is 7. The Morgan fingerprint density at radius 2 is 1.86 bits per heavy atom. The first kappa shape index (κ1) is 18.0. The molecule has 0 bridgehead atoms. The Bertz CT molecular complexity index is 486. The first-order chi connectivity index (χ1) is 10.4. The third-order valence-electron chi connectivity index (χ3n) is 2.95. The fraction of sp³-hybridized carbons (Fsp3) is 0.500. The predicted molar refractivity (Wildman–Crippen MR) is 85.7 cm³/mol. The van der Waals surface area contributed by atoms with Gasteiger partial charge in [-0.1, -0.05) is 26.0 Å². The van der Waals surface area contributed by atoms with Crippen LogP contribution in [-0.4, -0.2) is 44.1 Å². The quantitative estimate of drug-likeness (QED) is 0.803. The molecule has 122 valence electrons. The molecule has 0 atom stereocenters. The number of nitrogens with one attached hydrogen (secondary N) is 2. The summed E-state index contributed by atoms with van der Waals surface area (Å²) in [7, 11) is 3.45. The van der Waals surface area contributed by atoms with Gasteiger partial charge in [-0.15, -0.1) is 0 Å². The summed E-state index contributed by atoms with van der Waals surface area (Å²) < 4.78 is 5.10. The van der Waals surface area contributed by atoms with Crippen LogP contribution in [0.5, 0.6) is 5.75 Å². The minimum atomic E-state index is -0.448. The van der Waals surface area contributed by atoms with Crippen molar-refractivity contribution < 1.29 is 14.3 Å². The molecule has 0 aromatic heterocycles. The summed E-state index contributed by atoms with van der Waals surface area (Å²) in [6.45, 7) is 5.29. The Balaban J connectivity index is 2.35. The van der Waals surface area contributed by atoms with Crippen molar-refractivity contribution in [1.29, 1.82) is 0 Å². The van der Waals surface area contributed by atoms with Crippen LogP contribution >= 0.6 is 0 Å². The molecule has 0 aliphatic carbocycles. The molecule has 2 N–H and O–H groups in total. The number of likely N-dealkylation sites (N-methyl/N-ethyl adjacent to an activating group) is 1. The van der Waals surface area contributed by atoms with Crippen LogP contribution in [0.25, 0.3) is 0 Å². The zero-order valence-electron chi connectivity index (χ0n) is 13.7. The van der Waals surface area contributed by atoms with Crippen LogP contribution in [0.1, 0.15) is 19.4 Å². The fourth-order valence-corrected chi connectivity index (χ4v) is 1.85. The molecule has 0 fully saturated rings. The van der Waals surface area contributed by atoms with Gasteiger partial charge in [0.05, 0.1) is 13.7 Å². The second kappa shape index (κ2) is 9.04. The largest absolute Gasteiger partial charge is 0.497 e. The molecular formula is C16H25N3O3. The minimum absolute atomic E-state index is 0.154. The monoisotopic (exact) mass is 307 g/mol. The molecule has 1 rings (SSSR count). The molecule has 6 nitrogen and oxygen atoms in total. The highest BCUT2D eigenvalue weighted by Crippen LogP contribution is 2.12. The van der Waals surface area contributed by atoms with Gasteiger partial charge in [0.2, 0.25) is 5.91 Å². The number of methoxy groups -OCH3 is 1. The molecule has 0 saturated heterocycles. The van der Waals surface area contributed by atoms with Crippen molar-refractivity contribution in [1.82, 2.24) is 15.5 Å². The van der Waals surface area contributed by atoms with Gasteiger partial charge in [0, 0.05) is 13.1 Å². The molecule has 22 heavy (non-hydrogen) atoms. The van der Waals surface area contributed by atoms with Crippen molar-refractivity contribution in [3.05, 3.63) is 29.8 Å². The Hall–Kier alpha value is -2.08. The summed E-state index contributed by atoms with van der Waals surface area (Å²) in [6, 6.07) is 7.20. The molecule has 1 aromatic carbocycles. The number of benzene rings is 1. The second-order valence-electron chi connectivity index (χ2n) is 5.67. The molecule has 0 spiro atoms. The number of carbonyl (C=O) groups excluding carboxylic acids is 2. The number of imide groups is 1. The Labute approximate surface area is 131 Å². The molecule has 3 amide bonds. The van der Waals surface area contributed by atoms with Crippen molar-refractivity contribution >= 4 is 11.9 Å². The van der Waals surface area contributed by atoms with E-state index >= 15 is 0 Å². The van der Waals surface area contributed by atoms with E-state index in [0.717, 1.165) is 11.3 Å². The molecule has 0 unspecified atom stereocenters. The Morgan fingerprint density at radius 1 is 1.23 bits per heavy atom. The van der Waals surface area contributed by atoms with Crippen molar-refractivity contribution in [3.8, 4) is 5.75 Å². The van der Waals surface area contributed by atoms with Crippen molar-refractivity contribution in [3.63, 3.8) is 0 Å². The zero-order chi connectivity index (χ0) is 16.5. The van der Waals surface area contributed by atoms with Crippen LogP contribution in [0.3, 0.4) is 0 Å². The van der Waals surface area contributed by atoms with E-state index in [2.05, 4.69) is 10.6 Å². The van der Waals surface area contributed by atoms with Crippen molar-refractivity contribution in [2.75, 3.05) is 27.2 Å². The van der Waals surface area contributed by atoms with Crippen LogP contribution in [-0.2, 0) is 11.3 Å². The number of hydrogen-bond donors (Lipinski definition) is 2. The van der Waals surface area contributed by atoms with E-state index in [0.29, 0.717) is 19.0 Å². The van der Waals surface area contributed by atoms with Gasteiger partial charge in [-0.3, -0.25) is 15.0 Å². The summed E-state index contributed by atoms with van der Waals surface area (Å²) in [5.74, 6) is 0.821. The van der Waals surface area contributed by atoms with E-state index in [4.69, 9.17) is 4.74 Å². The van der Waals surface area contributed by atoms with Gasteiger partial charge >= 0.3 is 6.03 Å². The average Bonchev–Trinajstić information content (AvgIpc) is 2.45. The Morgan fingerprint density at radius 3 is 2.41 bits per heavy atom. The molecule has 1 aromatic rings. The van der Waals surface area contributed by atoms with Crippen molar-refractivity contribution in [2.24, 2.45) is 5.92 Å². The predicted octanol–water partition coefficient (Wildman–Crippen LogP) is 1.61. The molecule has 0 radical (unpaired) electrons. The average molecular weight is 307 g/mol. The molecule has 0 saturated carbocycles. The third kappa shape index (κ3) is 7.08. The molecule has 0 heterocycles. The number of amides is 3. The topological polar surface area (TPSA) is 70.7 Å². The maximum atomic E-state index is 11.8. The van der Waals surface area contributed by atoms with Gasteiger partial charge < -0.3 is 10.1 Å². The van der Waals surface area contributed by atoms with Crippen LogP contribution in [0, 0.1) is 5.92 Å². The van der Waals surface area contributed by atoms with Gasteiger partial charge in [-0.2, -0.15) is 0 Å². The van der Waals surface area contributed by atoms with Crippen LogP contribution in [0.2, 0.25) is 0 Å². The standard InChI is InChI=1S/C16H25N3O3/c1-12(2)9-17-16(21)18-15(20)11-19(3)10-13-5-7-14(22-4)8-6-13/h5-8,12H,9-11H2,1-4H3,(H2,17,18,20,21). The molecule has 6 heteroatoms. The van der Waals surface area contributed by atoms with E-state index in [1.54, 1.807) is 7.11 Å². The van der Waals surface area contributed by atoms with E-state index in [-0.39, 0.29) is 12.5 Å². The summed E-state index contributed by atoms with van der Waals surface area (Å²) in [5, 5.41) is 4.96. The molecular weight excluding hydrogens is 282 g/mol. The molecule has 0 aliphatic heterocycles. The SMILES string of the molecule is COc1ccc(CN(C)CC(=O)NC(=O)NCC(C)C)cc1. The lowest BCUT2D eigenvalue weighted by Crippen LogP contribution is -2.44. The van der Waals surface area contributed by atoms with E-state index in [9.17, 15) is 9.59 Å². The number of hydrogen-bond acceptors (Lipinski definition) is 4. The third-order valence-corrected chi connectivity index (χ3v) is 2.95. The van der Waals surface area contributed by atoms with Gasteiger partial charge in [0.15, 0.2) is 0 Å². The fourth-order valence-electron chi connectivity index (χ4n) is 1.85. The van der Waals surface area contributed by atoms with Gasteiger partial charge in [-0.05, 0) is 30.7 Å². The minimum Gasteiger partial charge on any atom is -0.497 e. The van der Waals surface area contributed by atoms with Crippen molar-refractivity contribution in [2.45, 2.75) is 20.4 Å². The lowest BCUT2D eigenvalue weighted by Gasteiger charge is -2.16. The lowest BCUT2D eigenvalue weighted by molar-refractivity contribution is -0.120. The van der Waals surface area contributed by atoms with Crippen LogP contribution in [0.4, 0.5) is 4.79 Å². The summed E-state index contributed by atoms with van der Waals surface area (Å²) >= 11 is 0. The summed E-state index contributed by atoms with van der Waals surface area (Å²) in [6.07, 6.45) is 0. The highest BCUT2D eigenvalue weighted by atomic mass is 16.5. The highest BCUT2D eigenvalue weighted by molar-refractivity contribution is 5.95. The zero-order valence-corrected chi connectivity index (χ0v) is 13.7. The smallest absolute Gasteiger partial charge is 0.321 e. The van der Waals surface area contributed by atoms with E-state index in [1.807, 2.05) is 50.1 Å². The summed E-state index contributed by atoms with van der Waals surface area (Å²) in [5.41, 5.74) is 1.07. The number of urea groups is 1.